The number of esters is 3. The molecule has 0 saturated carbocycles. The lowest BCUT2D eigenvalue weighted by Gasteiger charge is -2.18. The van der Waals surface area contributed by atoms with E-state index in [0.29, 0.717) is 19.3 Å². The van der Waals surface area contributed by atoms with Crippen molar-refractivity contribution in [3.63, 3.8) is 0 Å². The van der Waals surface area contributed by atoms with E-state index < -0.39 is 12.1 Å². The SMILES string of the molecule is CC/C=C\C/C=C\C/C=C\C/C=C\C/C=C\C/C=C\CCC(=O)OC(COC(=O)CCCCCCCCC)COC(=O)CCCCCCCCCCC/C=C\CCCCCCCCCC. The van der Waals surface area contributed by atoms with Gasteiger partial charge >= 0.3 is 17.9 Å². The molecule has 0 aliphatic heterocycles. The van der Waals surface area contributed by atoms with Crippen LogP contribution in [-0.4, -0.2) is 37.2 Å². The number of allylic oxidation sites excluding steroid dienone is 14. The second-order valence-electron chi connectivity index (χ2n) is 17.8. The van der Waals surface area contributed by atoms with Crippen molar-refractivity contribution in [2.75, 3.05) is 13.2 Å². The lowest BCUT2D eigenvalue weighted by atomic mass is 10.1. The van der Waals surface area contributed by atoms with Crippen molar-refractivity contribution in [2.45, 2.75) is 258 Å². The number of rotatable bonds is 48. The van der Waals surface area contributed by atoms with Crippen LogP contribution in [0.25, 0.3) is 0 Å². The molecule has 0 amide bonds. The number of unbranched alkanes of at least 4 members (excludes halogenated alkanes) is 23. The smallest absolute Gasteiger partial charge is 0.306 e. The fourth-order valence-electron chi connectivity index (χ4n) is 7.35. The van der Waals surface area contributed by atoms with Crippen molar-refractivity contribution in [2.24, 2.45) is 0 Å². The summed E-state index contributed by atoms with van der Waals surface area (Å²) < 4.78 is 16.7. The molecule has 0 saturated heterocycles. The molecule has 1 unspecified atom stereocenters. The lowest BCUT2D eigenvalue weighted by molar-refractivity contribution is -0.166. The normalized spacial score (nSPS) is 12.7. The van der Waals surface area contributed by atoms with E-state index >= 15 is 0 Å². The van der Waals surface area contributed by atoms with Crippen molar-refractivity contribution in [1.82, 2.24) is 0 Å². The summed E-state index contributed by atoms with van der Waals surface area (Å²) in [5.41, 5.74) is 0. The average molecular weight is 905 g/mol. The summed E-state index contributed by atoms with van der Waals surface area (Å²) in [5, 5.41) is 0. The second kappa shape index (κ2) is 53.2. The Labute approximate surface area is 401 Å². The van der Waals surface area contributed by atoms with Gasteiger partial charge < -0.3 is 14.2 Å². The molecule has 1 atom stereocenters. The molecular formula is C59H100O6. The zero-order valence-corrected chi connectivity index (χ0v) is 42.5. The third kappa shape index (κ3) is 51.4. The van der Waals surface area contributed by atoms with Gasteiger partial charge in [0, 0.05) is 19.3 Å². The fraction of sp³-hybridized carbons (Fsp3) is 0.712. The molecule has 0 heterocycles. The van der Waals surface area contributed by atoms with E-state index in [9.17, 15) is 14.4 Å². The molecule has 6 nitrogen and oxygen atoms in total. The van der Waals surface area contributed by atoms with E-state index in [2.05, 4.69) is 93.7 Å². The van der Waals surface area contributed by atoms with Crippen molar-refractivity contribution in [1.29, 1.82) is 0 Å². The maximum Gasteiger partial charge on any atom is 0.306 e. The molecule has 372 valence electrons. The summed E-state index contributed by atoms with van der Waals surface area (Å²) >= 11 is 0. The summed E-state index contributed by atoms with van der Waals surface area (Å²) in [4.78, 5) is 37.8. The van der Waals surface area contributed by atoms with Crippen molar-refractivity contribution >= 4 is 17.9 Å². The van der Waals surface area contributed by atoms with Crippen LogP contribution >= 0.6 is 0 Å². The van der Waals surface area contributed by atoms with Gasteiger partial charge in [0.25, 0.3) is 0 Å². The summed E-state index contributed by atoms with van der Waals surface area (Å²) in [6, 6.07) is 0. The van der Waals surface area contributed by atoms with Crippen molar-refractivity contribution < 1.29 is 28.6 Å². The third-order valence-corrected chi connectivity index (χ3v) is 11.4. The van der Waals surface area contributed by atoms with E-state index in [1.165, 1.54) is 128 Å². The van der Waals surface area contributed by atoms with Crippen LogP contribution in [0.2, 0.25) is 0 Å². The highest BCUT2D eigenvalue weighted by molar-refractivity contribution is 5.71. The number of carbonyl (C=O) groups excluding carboxylic acids is 3. The second-order valence-corrected chi connectivity index (χ2v) is 17.8. The summed E-state index contributed by atoms with van der Waals surface area (Å²) in [6.45, 7) is 6.42. The first kappa shape index (κ1) is 61.6. The van der Waals surface area contributed by atoms with Gasteiger partial charge in [-0.25, -0.2) is 0 Å². The first-order valence-corrected chi connectivity index (χ1v) is 27.1. The van der Waals surface area contributed by atoms with Crippen LogP contribution < -0.4 is 0 Å². The van der Waals surface area contributed by atoms with E-state index in [1.54, 1.807) is 0 Å². The van der Waals surface area contributed by atoms with Gasteiger partial charge in [-0.15, -0.1) is 0 Å². The van der Waals surface area contributed by atoms with Gasteiger partial charge in [0.05, 0.1) is 0 Å². The van der Waals surface area contributed by atoms with Gasteiger partial charge in [0.1, 0.15) is 13.2 Å². The zero-order valence-electron chi connectivity index (χ0n) is 42.5. The van der Waals surface area contributed by atoms with Crippen molar-refractivity contribution in [3.8, 4) is 0 Å². The van der Waals surface area contributed by atoms with Gasteiger partial charge in [-0.05, 0) is 83.5 Å². The Morgan fingerprint density at radius 1 is 0.323 bits per heavy atom. The highest BCUT2D eigenvalue weighted by Crippen LogP contribution is 2.14. The highest BCUT2D eigenvalue weighted by atomic mass is 16.6. The Morgan fingerprint density at radius 3 is 1.00 bits per heavy atom. The molecule has 0 N–H and O–H groups in total. The van der Waals surface area contributed by atoms with E-state index in [1.807, 2.05) is 12.2 Å². The average Bonchev–Trinajstić information content (AvgIpc) is 3.30. The van der Waals surface area contributed by atoms with Crippen molar-refractivity contribution in [3.05, 3.63) is 85.1 Å². The molecule has 0 aromatic carbocycles. The van der Waals surface area contributed by atoms with Crippen LogP contribution in [-0.2, 0) is 28.6 Å². The molecular weight excluding hydrogens is 805 g/mol. The first-order chi connectivity index (χ1) is 32.0. The van der Waals surface area contributed by atoms with E-state index in [4.69, 9.17) is 14.2 Å². The largest absolute Gasteiger partial charge is 0.462 e. The topological polar surface area (TPSA) is 78.9 Å². The molecule has 0 aromatic rings. The van der Waals surface area contributed by atoms with Crippen LogP contribution in [0.4, 0.5) is 0 Å². The fourth-order valence-corrected chi connectivity index (χ4v) is 7.35. The molecule has 0 aromatic heterocycles. The quantitative estimate of drug-likeness (QED) is 0.0262. The Bertz CT molecular complexity index is 1270. The standard InChI is InChI=1S/C59H100O6/c1-4-7-10-13-16-18-20-22-24-26-28-29-31-32-34-36-38-40-43-46-49-52-58(61)64-55-56(54-63-57(60)51-48-45-42-15-12-9-6-3)65-59(62)53-50-47-44-41-39-37-35-33-30-27-25-23-21-19-17-14-11-8-5-2/h8,11,17,19,23,25-26,28,30,33,37,39,44,47,56H,4-7,9-10,12-16,18,20-22,24,27,29,31-32,34-36,38,40-43,45-46,48-55H2,1-3H3/b11-8-,19-17-,25-23-,28-26-,33-30-,39-37-,47-44-. The Balaban J connectivity index is 4.33. The third-order valence-electron chi connectivity index (χ3n) is 11.4. The van der Waals surface area contributed by atoms with Gasteiger partial charge in [0.2, 0.25) is 0 Å². The van der Waals surface area contributed by atoms with E-state index in [-0.39, 0.29) is 31.6 Å². The molecule has 0 rings (SSSR count). The van der Waals surface area contributed by atoms with Gasteiger partial charge in [0.15, 0.2) is 6.10 Å². The van der Waals surface area contributed by atoms with Gasteiger partial charge in [-0.3, -0.25) is 14.4 Å². The zero-order chi connectivity index (χ0) is 47.2. The molecule has 0 bridgehead atoms. The summed E-state index contributed by atoms with van der Waals surface area (Å²) in [6.07, 6.45) is 68.9. The Morgan fingerprint density at radius 2 is 0.631 bits per heavy atom. The predicted octanol–water partition coefficient (Wildman–Crippen LogP) is 18.0. The van der Waals surface area contributed by atoms with Crippen LogP contribution in [0, 0.1) is 0 Å². The molecule has 0 aliphatic rings. The lowest BCUT2D eigenvalue weighted by Crippen LogP contribution is -2.30. The first-order valence-electron chi connectivity index (χ1n) is 27.1. The van der Waals surface area contributed by atoms with Gasteiger partial charge in [-0.1, -0.05) is 234 Å². The highest BCUT2D eigenvalue weighted by Gasteiger charge is 2.19. The van der Waals surface area contributed by atoms with Crippen LogP contribution in [0.5, 0.6) is 0 Å². The molecule has 65 heavy (non-hydrogen) atoms. The summed E-state index contributed by atoms with van der Waals surface area (Å²) in [7, 11) is 0. The molecule has 6 heteroatoms. The number of hydrogen-bond acceptors (Lipinski definition) is 6. The molecule has 0 spiro atoms. The predicted molar refractivity (Wildman–Crippen MR) is 279 cm³/mol. The van der Waals surface area contributed by atoms with Crippen LogP contribution in [0.3, 0.4) is 0 Å². The van der Waals surface area contributed by atoms with Gasteiger partial charge in [-0.2, -0.15) is 0 Å². The molecule has 0 fully saturated rings. The Hall–Kier alpha value is -3.41. The number of carbonyl (C=O) groups is 3. The van der Waals surface area contributed by atoms with Crippen LogP contribution in [0.15, 0.2) is 85.1 Å². The Kier molecular flexibility index (Phi) is 50.4. The molecule has 0 radical (unpaired) electrons. The number of hydrogen-bond donors (Lipinski definition) is 0. The molecule has 0 aliphatic carbocycles. The minimum Gasteiger partial charge on any atom is -0.462 e. The van der Waals surface area contributed by atoms with E-state index in [0.717, 1.165) is 77.0 Å². The van der Waals surface area contributed by atoms with Crippen LogP contribution in [0.1, 0.15) is 252 Å². The number of ether oxygens (including phenoxy) is 3. The minimum atomic E-state index is -0.814. The minimum absolute atomic E-state index is 0.107. The maximum absolute atomic E-state index is 12.7. The summed E-state index contributed by atoms with van der Waals surface area (Å²) in [5.74, 6) is -0.999. The monoisotopic (exact) mass is 905 g/mol. The maximum atomic E-state index is 12.7.